The molecule has 0 aliphatic rings. The molecule has 0 saturated heterocycles. The van der Waals surface area contributed by atoms with E-state index in [0.717, 1.165) is 12.1 Å². The highest BCUT2D eigenvalue weighted by Crippen LogP contribution is 2.25. The topological polar surface area (TPSA) is 61.6 Å². The second kappa shape index (κ2) is 7.65. The minimum absolute atomic E-state index is 0.00669. The fraction of sp³-hybridized carbons (Fsp3) is 0.0500. The molecule has 4 nitrogen and oxygen atoms in total. The standard InChI is InChI=1S/C20H15F2NO3/c21-16-9-10-17(19(22)18(16)20(23)24)25-12-13-5-4-8-15(11-13)26-14-6-2-1-3-7-14/h1-11H,12H2,(H2,23,24). The molecule has 2 N–H and O–H groups in total. The number of carbonyl (C=O) groups excluding carboxylic acids is 1. The molecule has 0 fully saturated rings. The lowest BCUT2D eigenvalue weighted by Crippen LogP contribution is -2.16. The van der Waals surface area contributed by atoms with Gasteiger partial charge in [0.1, 0.15) is 29.5 Å². The summed E-state index contributed by atoms with van der Waals surface area (Å²) >= 11 is 0. The first-order valence-corrected chi connectivity index (χ1v) is 7.77. The number of benzene rings is 3. The number of ether oxygens (including phenoxy) is 2. The number of hydrogen-bond donors (Lipinski definition) is 1. The quantitative estimate of drug-likeness (QED) is 0.711. The van der Waals surface area contributed by atoms with Gasteiger partial charge in [0.2, 0.25) is 0 Å². The summed E-state index contributed by atoms with van der Waals surface area (Å²) in [5.41, 5.74) is 4.89. The number of rotatable bonds is 6. The highest BCUT2D eigenvalue weighted by atomic mass is 19.1. The van der Waals surface area contributed by atoms with Gasteiger partial charge in [0.15, 0.2) is 11.6 Å². The van der Waals surface area contributed by atoms with E-state index in [4.69, 9.17) is 15.2 Å². The summed E-state index contributed by atoms with van der Waals surface area (Å²) in [6.45, 7) is 0.00669. The Labute approximate surface area is 148 Å². The number of halogens is 2. The van der Waals surface area contributed by atoms with E-state index in [0.29, 0.717) is 17.1 Å². The molecule has 132 valence electrons. The van der Waals surface area contributed by atoms with Crippen LogP contribution >= 0.6 is 0 Å². The Balaban J connectivity index is 1.74. The fourth-order valence-corrected chi connectivity index (χ4v) is 2.36. The van der Waals surface area contributed by atoms with Crippen LogP contribution in [0.4, 0.5) is 8.78 Å². The van der Waals surface area contributed by atoms with Gasteiger partial charge in [0.05, 0.1) is 0 Å². The molecule has 26 heavy (non-hydrogen) atoms. The minimum Gasteiger partial charge on any atom is -0.486 e. The predicted octanol–water partition coefficient (Wildman–Crippen LogP) is 4.44. The molecule has 0 heterocycles. The molecule has 3 aromatic carbocycles. The first kappa shape index (κ1) is 17.4. The van der Waals surface area contributed by atoms with Crippen molar-refractivity contribution in [1.82, 2.24) is 0 Å². The van der Waals surface area contributed by atoms with Gasteiger partial charge in [-0.2, -0.15) is 0 Å². The number of para-hydroxylation sites is 1. The van der Waals surface area contributed by atoms with Gasteiger partial charge in [-0.1, -0.05) is 30.3 Å². The Morgan fingerprint density at radius 3 is 2.38 bits per heavy atom. The largest absolute Gasteiger partial charge is 0.486 e. The Bertz CT molecular complexity index is 930. The Kier molecular flexibility index (Phi) is 5.12. The van der Waals surface area contributed by atoms with Crippen LogP contribution in [0.3, 0.4) is 0 Å². The first-order chi connectivity index (χ1) is 12.5. The van der Waals surface area contributed by atoms with Crippen LogP contribution in [0.25, 0.3) is 0 Å². The van der Waals surface area contributed by atoms with Crippen molar-refractivity contribution in [1.29, 1.82) is 0 Å². The molecule has 0 radical (unpaired) electrons. The molecule has 0 atom stereocenters. The van der Waals surface area contributed by atoms with Crippen molar-refractivity contribution in [3.8, 4) is 17.2 Å². The molecular formula is C20H15F2NO3. The maximum atomic E-state index is 14.2. The molecule has 0 aliphatic carbocycles. The Hall–Kier alpha value is -3.41. The molecule has 0 aliphatic heterocycles. The molecule has 1 amide bonds. The molecule has 0 spiro atoms. The maximum Gasteiger partial charge on any atom is 0.254 e. The van der Waals surface area contributed by atoms with Crippen LogP contribution in [-0.4, -0.2) is 5.91 Å². The van der Waals surface area contributed by atoms with Crippen molar-refractivity contribution in [3.05, 3.63) is 89.5 Å². The van der Waals surface area contributed by atoms with Gasteiger partial charge in [-0.25, -0.2) is 8.78 Å². The lowest BCUT2D eigenvalue weighted by molar-refractivity contribution is 0.0991. The fourth-order valence-electron chi connectivity index (χ4n) is 2.36. The van der Waals surface area contributed by atoms with Crippen LogP contribution in [0, 0.1) is 11.6 Å². The van der Waals surface area contributed by atoms with Gasteiger partial charge in [-0.15, -0.1) is 0 Å². The van der Waals surface area contributed by atoms with Crippen LogP contribution in [0.1, 0.15) is 15.9 Å². The summed E-state index contributed by atoms with van der Waals surface area (Å²) in [5.74, 6) is -2.32. The zero-order valence-electron chi connectivity index (χ0n) is 13.6. The summed E-state index contributed by atoms with van der Waals surface area (Å²) < 4.78 is 38.7. The van der Waals surface area contributed by atoms with Gasteiger partial charge in [-0.3, -0.25) is 4.79 Å². The van der Waals surface area contributed by atoms with Crippen molar-refractivity contribution in [2.45, 2.75) is 6.61 Å². The normalized spacial score (nSPS) is 10.4. The van der Waals surface area contributed by atoms with E-state index in [-0.39, 0.29) is 12.4 Å². The molecule has 0 aromatic heterocycles. The predicted molar refractivity (Wildman–Crippen MR) is 92.2 cm³/mol. The molecule has 3 aromatic rings. The zero-order valence-corrected chi connectivity index (χ0v) is 13.6. The second-order valence-electron chi connectivity index (χ2n) is 5.45. The van der Waals surface area contributed by atoms with E-state index < -0.39 is 23.1 Å². The van der Waals surface area contributed by atoms with Gasteiger partial charge < -0.3 is 15.2 Å². The third-order valence-electron chi connectivity index (χ3n) is 3.57. The lowest BCUT2D eigenvalue weighted by Gasteiger charge is -2.11. The smallest absolute Gasteiger partial charge is 0.254 e. The first-order valence-electron chi connectivity index (χ1n) is 7.77. The van der Waals surface area contributed by atoms with E-state index in [1.807, 2.05) is 30.3 Å². The van der Waals surface area contributed by atoms with Crippen LogP contribution in [0.5, 0.6) is 17.2 Å². The summed E-state index contributed by atoms with van der Waals surface area (Å²) in [5, 5.41) is 0. The summed E-state index contributed by atoms with van der Waals surface area (Å²) in [6.07, 6.45) is 0. The molecular weight excluding hydrogens is 340 g/mol. The van der Waals surface area contributed by atoms with Crippen LogP contribution < -0.4 is 15.2 Å². The van der Waals surface area contributed by atoms with Crippen molar-refractivity contribution in [2.75, 3.05) is 0 Å². The molecule has 0 unspecified atom stereocenters. The van der Waals surface area contributed by atoms with Gasteiger partial charge in [-0.05, 0) is 42.0 Å². The van der Waals surface area contributed by atoms with Crippen molar-refractivity contribution in [2.24, 2.45) is 5.73 Å². The third kappa shape index (κ3) is 3.97. The number of primary amides is 1. The van der Waals surface area contributed by atoms with Gasteiger partial charge in [0, 0.05) is 0 Å². The van der Waals surface area contributed by atoms with Crippen LogP contribution in [0.15, 0.2) is 66.7 Å². The molecule has 0 bridgehead atoms. The van der Waals surface area contributed by atoms with E-state index in [1.165, 1.54) is 0 Å². The minimum atomic E-state index is -1.19. The Morgan fingerprint density at radius 2 is 1.65 bits per heavy atom. The third-order valence-corrected chi connectivity index (χ3v) is 3.57. The summed E-state index contributed by atoms with van der Waals surface area (Å²) in [6, 6.07) is 18.4. The zero-order chi connectivity index (χ0) is 18.5. The SMILES string of the molecule is NC(=O)c1c(F)ccc(OCc2cccc(Oc3ccccc3)c2)c1F. The Morgan fingerprint density at radius 1 is 0.923 bits per heavy atom. The number of carbonyl (C=O) groups is 1. The van der Waals surface area contributed by atoms with Crippen molar-refractivity contribution >= 4 is 5.91 Å². The average molecular weight is 355 g/mol. The van der Waals surface area contributed by atoms with Crippen LogP contribution in [-0.2, 0) is 6.61 Å². The highest BCUT2D eigenvalue weighted by Gasteiger charge is 2.19. The average Bonchev–Trinajstić information content (AvgIpc) is 2.62. The van der Waals surface area contributed by atoms with Gasteiger partial charge in [0.25, 0.3) is 5.91 Å². The van der Waals surface area contributed by atoms with Crippen molar-refractivity contribution < 1.29 is 23.0 Å². The van der Waals surface area contributed by atoms with Crippen LogP contribution in [0.2, 0.25) is 0 Å². The monoisotopic (exact) mass is 355 g/mol. The molecule has 6 heteroatoms. The summed E-state index contributed by atoms with van der Waals surface area (Å²) in [4.78, 5) is 11.2. The number of amides is 1. The van der Waals surface area contributed by atoms with Gasteiger partial charge >= 0.3 is 0 Å². The van der Waals surface area contributed by atoms with E-state index in [2.05, 4.69) is 0 Å². The number of hydrogen-bond acceptors (Lipinski definition) is 3. The lowest BCUT2D eigenvalue weighted by atomic mass is 10.1. The molecule has 0 saturated carbocycles. The summed E-state index contributed by atoms with van der Waals surface area (Å²) in [7, 11) is 0. The van der Waals surface area contributed by atoms with E-state index in [1.54, 1.807) is 24.3 Å². The highest BCUT2D eigenvalue weighted by molar-refractivity contribution is 5.93. The second-order valence-corrected chi connectivity index (χ2v) is 5.45. The van der Waals surface area contributed by atoms with Crippen molar-refractivity contribution in [3.63, 3.8) is 0 Å². The van der Waals surface area contributed by atoms with E-state index >= 15 is 0 Å². The number of nitrogens with two attached hydrogens (primary N) is 1. The maximum absolute atomic E-state index is 14.2. The molecule has 3 rings (SSSR count). The van der Waals surface area contributed by atoms with E-state index in [9.17, 15) is 13.6 Å².